The Kier molecular flexibility index (Phi) is 7.74. The molecule has 168 valence electrons. The summed E-state index contributed by atoms with van der Waals surface area (Å²) >= 11 is 0. The van der Waals surface area contributed by atoms with Crippen molar-refractivity contribution in [1.29, 1.82) is 0 Å². The summed E-state index contributed by atoms with van der Waals surface area (Å²) in [7, 11) is 1.32. The number of hydrogen-bond donors (Lipinski definition) is 0. The Balaban J connectivity index is 1.61. The number of halogens is 2. The SMILES string of the molecule is CCOc1ccccc1/C=C/C(=O)OCc1nc(-c2ccc(OC(F)F)c(OC)c2)no1. The Hall–Kier alpha value is -3.95. The Labute approximate surface area is 182 Å². The van der Waals surface area contributed by atoms with Crippen molar-refractivity contribution in [1.82, 2.24) is 10.1 Å². The number of para-hydroxylation sites is 1. The second-order valence-electron chi connectivity index (χ2n) is 6.17. The highest BCUT2D eigenvalue weighted by atomic mass is 19.3. The third-order valence-corrected chi connectivity index (χ3v) is 4.06. The highest BCUT2D eigenvalue weighted by Crippen LogP contribution is 2.32. The quantitative estimate of drug-likeness (QED) is 0.332. The normalized spacial score (nSPS) is 11.0. The lowest BCUT2D eigenvalue weighted by Crippen LogP contribution is -2.03. The van der Waals surface area contributed by atoms with Crippen LogP contribution in [0.5, 0.6) is 17.2 Å². The van der Waals surface area contributed by atoms with Gasteiger partial charge in [0.15, 0.2) is 18.1 Å². The molecule has 3 aromatic rings. The molecular weight excluding hydrogens is 426 g/mol. The van der Waals surface area contributed by atoms with Crippen molar-refractivity contribution in [3.05, 3.63) is 60.0 Å². The maximum atomic E-state index is 12.4. The van der Waals surface area contributed by atoms with E-state index in [0.29, 0.717) is 17.9 Å². The zero-order valence-electron chi connectivity index (χ0n) is 17.3. The molecule has 10 heteroatoms. The van der Waals surface area contributed by atoms with E-state index in [9.17, 15) is 13.6 Å². The van der Waals surface area contributed by atoms with Crippen LogP contribution in [0.1, 0.15) is 18.4 Å². The average Bonchev–Trinajstić information content (AvgIpc) is 3.26. The lowest BCUT2D eigenvalue weighted by molar-refractivity contribution is -0.139. The van der Waals surface area contributed by atoms with Gasteiger partial charge in [0.25, 0.3) is 5.89 Å². The number of methoxy groups -OCH3 is 1. The van der Waals surface area contributed by atoms with Gasteiger partial charge in [-0.05, 0) is 37.3 Å². The number of ether oxygens (including phenoxy) is 4. The molecule has 0 aliphatic carbocycles. The minimum atomic E-state index is -2.98. The Morgan fingerprint density at radius 3 is 2.72 bits per heavy atom. The predicted octanol–water partition coefficient (Wildman–Crippen LogP) is 4.50. The maximum absolute atomic E-state index is 12.4. The summed E-state index contributed by atoms with van der Waals surface area (Å²) in [6.45, 7) is -0.854. The summed E-state index contributed by atoms with van der Waals surface area (Å²) in [6.07, 6.45) is 2.85. The largest absolute Gasteiger partial charge is 0.493 e. The van der Waals surface area contributed by atoms with E-state index in [1.807, 2.05) is 25.1 Å². The van der Waals surface area contributed by atoms with Crippen molar-refractivity contribution in [2.75, 3.05) is 13.7 Å². The van der Waals surface area contributed by atoms with Crippen LogP contribution < -0.4 is 14.2 Å². The number of hydrogen-bond acceptors (Lipinski definition) is 8. The van der Waals surface area contributed by atoms with E-state index < -0.39 is 12.6 Å². The molecule has 0 N–H and O–H groups in total. The third-order valence-electron chi connectivity index (χ3n) is 4.06. The zero-order chi connectivity index (χ0) is 22.9. The summed E-state index contributed by atoms with van der Waals surface area (Å²) in [5, 5.41) is 3.80. The molecule has 32 heavy (non-hydrogen) atoms. The van der Waals surface area contributed by atoms with Gasteiger partial charge in [-0.25, -0.2) is 4.79 Å². The Morgan fingerprint density at radius 1 is 1.16 bits per heavy atom. The van der Waals surface area contributed by atoms with E-state index in [1.54, 1.807) is 12.1 Å². The molecule has 0 radical (unpaired) electrons. The van der Waals surface area contributed by atoms with Crippen LogP contribution in [0.2, 0.25) is 0 Å². The first-order chi connectivity index (χ1) is 15.5. The Morgan fingerprint density at radius 2 is 1.97 bits per heavy atom. The van der Waals surface area contributed by atoms with E-state index in [1.165, 1.54) is 31.4 Å². The second kappa shape index (κ2) is 10.9. The number of nitrogens with zero attached hydrogens (tertiary/aromatic N) is 2. The monoisotopic (exact) mass is 446 g/mol. The van der Waals surface area contributed by atoms with Crippen molar-refractivity contribution in [3.8, 4) is 28.6 Å². The van der Waals surface area contributed by atoms with Crippen LogP contribution >= 0.6 is 0 Å². The van der Waals surface area contributed by atoms with Crippen LogP contribution in [0.3, 0.4) is 0 Å². The van der Waals surface area contributed by atoms with Gasteiger partial charge < -0.3 is 23.5 Å². The summed E-state index contributed by atoms with van der Waals surface area (Å²) in [5.74, 6) is 0.231. The molecule has 1 aromatic heterocycles. The molecule has 0 unspecified atom stereocenters. The smallest absolute Gasteiger partial charge is 0.387 e. The summed E-state index contributed by atoms with van der Waals surface area (Å²) in [6, 6.07) is 11.5. The van der Waals surface area contributed by atoms with Gasteiger partial charge in [0.1, 0.15) is 5.75 Å². The van der Waals surface area contributed by atoms with E-state index in [0.717, 1.165) is 5.56 Å². The summed E-state index contributed by atoms with van der Waals surface area (Å²) < 4.78 is 50.0. The highest BCUT2D eigenvalue weighted by Gasteiger charge is 2.15. The average molecular weight is 446 g/mol. The molecule has 0 amide bonds. The third kappa shape index (κ3) is 6.03. The molecule has 0 spiro atoms. The first kappa shape index (κ1) is 22.7. The fourth-order valence-corrected chi connectivity index (χ4v) is 2.67. The van der Waals surface area contributed by atoms with E-state index in [-0.39, 0.29) is 29.8 Å². The molecule has 0 saturated carbocycles. The van der Waals surface area contributed by atoms with Crippen molar-refractivity contribution in [2.45, 2.75) is 20.1 Å². The number of aromatic nitrogens is 2. The molecule has 0 aliphatic rings. The lowest BCUT2D eigenvalue weighted by atomic mass is 10.2. The van der Waals surface area contributed by atoms with Crippen LogP contribution in [0, 0.1) is 0 Å². The molecule has 0 bridgehead atoms. The molecule has 2 aromatic carbocycles. The van der Waals surface area contributed by atoms with E-state index in [4.69, 9.17) is 18.7 Å². The highest BCUT2D eigenvalue weighted by molar-refractivity contribution is 5.87. The summed E-state index contributed by atoms with van der Waals surface area (Å²) in [5.41, 5.74) is 1.18. The van der Waals surface area contributed by atoms with Gasteiger partial charge in [0, 0.05) is 17.2 Å². The van der Waals surface area contributed by atoms with Gasteiger partial charge in [-0.3, -0.25) is 0 Å². The minimum absolute atomic E-state index is 0.0586. The molecular formula is C22H20F2N2O6. The van der Waals surface area contributed by atoms with Crippen LogP contribution in [0.4, 0.5) is 8.78 Å². The van der Waals surface area contributed by atoms with Gasteiger partial charge in [-0.15, -0.1) is 0 Å². The molecule has 0 saturated heterocycles. The standard InChI is InChI=1S/C22H20F2N2O6/c1-3-29-16-7-5-4-6-14(16)9-11-20(27)30-13-19-25-21(26-32-19)15-8-10-17(31-22(23)24)18(12-15)28-2/h4-12,22H,3,13H2,1-2H3/b11-9+. The number of alkyl halides is 2. The zero-order valence-corrected chi connectivity index (χ0v) is 17.3. The van der Waals surface area contributed by atoms with Gasteiger partial charge in [-0.2, -0.15) is 13.8 Å². The van der Waals surface area contributed by atoms with Gasteiger partial charge in [0.05, 0.1) is 13.7 Å². The molecule has 0 atom stereocenters. The fourth-order valence-electron chi connectivity index (χ4n) is 2.67. The van der Waals surface area contributed by atoms with Gasteiger partial charge in [0.2, 0.25) is 5.82 Å². The number of benzene rings is 2. The second-order valence-corrected chi connectivity index (χ2v) is 6.17. The number of carbonyl (C=O) groups is 1. The van der Waals surface area contributed by atoms with Gasteiger partial charge in [-0.1, -0.05) is 23.4 Å². The first-order valence-corrected chi connectivity index (χ1v) is 9.52. The molecule has 3 rings (SSSR count). The topological polar surface area (TPSA) is 92.9 Å². The van der Waals surface area contributed by atoms with Crippen molar-refractivity contribution in [2.24, 2.45) is 0 Å². The Bertz CT molecular complexity index is 1080. The van der Waals surface area contributed by atoms with E-state index >= 15 is 0 Å². The number of esters is 1. The minimum Gasteiger partial charge on any atom is -0.493 e. The molecule has 0 aliphatic heterocycles. The van der Waals surface area contributed by atoms with E-state index in [2.05, 4.69) is 14.9 Å². The van der Waals surface area contributed by atoms with Crippen molar-refractivity contribution < 1.29 is 37.0 Å². The number of carbonyl (C=O) groups excluding carboxylic acids is 1. The molecule has 1 heterocycles. The summed E-state index contributed by atoms with van der Waals surface area (Å²) in [4.78, 5) is 16.1. The maximum Gasteiger partial charge on any atom is 0.387 e. The number of rotatable bonds is 10. The van der Waals surface area contributed by atoms with Gasteiger partial charge >= 0.3 is 12.6 Å². The van der Waals surface area contributed by atoms with Crippen LogP contribution in [0.15, 0.2) is 53.1 Å². The molecule has 0 fully saturated rings. The predicted molar refractivity (Wildman–Crippen MR) is 109 cm³/mol. The van der Waals surface area contributed by atoms with Crippen LogP contribution in [-0.2, 0) is 16.1 Å². The van der Waals surface area contributed by atoms with Crippen molar-refractivity contribution >= 4 is 12.0 Å². The van der Waals surface area contributed by atoms with Crippen LogP contribution in [-0.4, -0.2) is 36.4 Å². The fraction of sp³-hybridized carbons (Fsp3) is 0.227. The lowest BCUT2D eigenvalue weighted by Gasteiger charge is -2.10. The first-order valence-electron chi connectivity index (χ1n) is 9.52. The van der Waals surface area contributed by atoms with Crippen molar-refractivity contribution in [3.63, 3.8) is 0 Å². The van der Waals surface area contributed by atoms with Crippen LogP contribution in [0.25, 0.3) is 17.5 Å². The molecule has 8 nitrogen and oxygen atoms in total.